The zero-order valence-electron chi connectivity index (χ0n) is 16.2. The molecule has 2 aromatic heterocycles. The number of benzene rings is 2. The number of aryl methyl sites for hydroxylation is 1. The Hall–Kier alpha value is -4.13. The molecule has 0 spiro atoms. The zero-order chi connectivity index (χ0) is 20.5. The second kappa shape index (κ2) is 7.36. The lowest BCUT2D eigenvalue weighted by Gasteiger charge is -2.24. The molecular weight excluding hydrogens is 378 g/mol. The molecule has 5 rings (SSSR count). The van der Waals surface area contributed by atoms with Gasteiger partial charge in [-0.15, -0.1) is 5.10 Å². The summed E-state index contributed by atoms with van der Waals surface area (Å²) in [4.78, 5) is 16.8. The molecule has 7 nitrogen and oxygen atoms in total. The second-order valence-electron chi connectivity index (χ2n) is 7.06. The number of fused-ring (bicyclic) bond motifs is 1. The number of anilines is 2. The topological polar surface area (TPSA) is 85.0 Å². The van der Waals surface area contributed by atoms with Gasteiger partial charge in [0.15, 0.2) is 5.76 Å². The number of allylic oxidation sites excluding steroid dienone is 1. The molecule has 0 fully saturated rings. The molecular formula is C23H19N5O2. The molecule has 0 aliphatic carbocycles. The molecule has 2 N–H and O–H groups in total. The summed E-state index contributed by atoms with van der Waals surface area (Å²) in [5.74, 6) is 0.565. The van der Waals surface area contributed by atoms with E-state index in [0.717, 1.165) is 16.8 Å². The highest BCUT2D eigenvalue weighted by atomic mass is 16.3. The molecule has 1 aliphatic heterocycles. The average Bonchev–Trinajstić information content (AvgIpc) is 3.44. The molecule has 1 aliphatic rings. The van der Waals surface area contributed by atoms with Gasteiger partial charge in [-0.2, -0.15) is 4.98 Å². The van der Waals surface area contributed by atoms with Crippen LogP contribution in [-0.2, 0) is 0 Å². The summed E-state index contributed by atoms with van der Waals surface area (Å²) < 4.78 is 6.92. The van der Waals surface area contributed by atoms with Crippen LogP contribution < -0.4 is 10.6 Å². The maximum Gasteiger partial charge on any atom is 0.293 e. The molecule has 2 aromatic carbocycles. The number of hydrogen-bond acceptors (Lipinski definition) is 5. The summed E-state index contributed by atoms with van der Waals surface area (Å²) in [7, 11) is 0. The first kappa shape index (κ1) is 17.9. The third kappa shape index (κ3) is 3.37. The first-order chi connectivity index (χ1) is 14.7. The van der Waals surface area contributed by atoms with Crippen molar-refractivity contribution in [1.29, 1.82) is 0 Å². The van der Waals surface area contributed by atoms with E-state index in [0.29, 0.717) is 5.95 Å². The molecule has 0 bridgehead atoms. The fraction of sp³-hybridized carbons (Fsp3) is 0.0870. The summed E-state index contributed by atoms with van der Waals surface area (Å²) in [5.41, 5.74) is 4.24. The predicted molar refractivity (Wildman–Crippen MR) is 114 cm³/mol. The van der Waals surface area contributed by atoms with Crippen molar-refractivity contribution in [2.24, 2.45) is 0 Å². The number of nitrogens with zero attached hydrogens (tertiary/aromatic N) is 3. The average molecular weight is 397 g/mol. The van der Waals surface area contributed by atoms with Gasteiger partial charge < -0.3 is 9.73 Å². The standard InChI is InChI=1S/C23H19N5O2/c1-15-9-11-17(12-10-15)19-14-18(16-6-3-2-4-7-16)24-23-26-22(27-28(19)23)25-21(29)20-8-5-13-30-20/h2-14,19H,1H3,(H2,24,25,26,27,29). The Labute approximate surface area is 173 Å². The van der Waals surface area contributed by atoms with Gasteiger partial charge >= 0.3 is 0 Å². The number of hydrogen-bond donors (Lipinski definition) is 2. The Kier molecular flexibility index (Phi) is 4.40. The van der Waals surface area contributed by atoms with Crippen LogP contribution in [0, 0.1) is 6.92 Å². The molecule has 1 unspecified atom stereocenters. The van der Waals surface area contributed by atoms with Crippen LogP contribution in [0.4, 0.5) is 11.9 Å². The third-order valence-corrected chi connectivity index (χ3v) is 4.94. The van der Waals surface area contributed by atoms with Gasteiger partial charge in [0.05, 0.1) is 6.26 Å². The first-order valence-electron chi connectivity index (χ1n) is 9.59. The summed E-state index contributed by atoms with van der Waals surface area (Å²) >= 11 is 0. The van der Waals surface area contributed by atoms with Crippen LogP contribution in [0.5, 0.6) is 0 Å². The Morgan fingerprint density at radius 3 is 2.60 bits per heavy atom. The highest BCUT2D eigenvalue weighted by molar-refractivity contribution is 6.01. The van der Waals surface area contributed by atoms with E-state index >= 15 is 0 Å². The second-order valence-corrected chi connectivity index (χ2v) is 7.06. The first-order valence-corrected chi connectivity index (χ1v) is 9.59. The van der Waals surface area contributed by atoms with Crippen LogP contribution in [0.3, 0.4) is 0 Å². The van der Waals surface area contributed by atoms with E-state index in [1.54, 1.807) is 16.8 Å². The molecule has 7 heteroatoms. The van der Waals surface area contributed by atoms with Gasteiger partial charge in [0.1, 0.15) is 6.04 Å². The normalized spacial score (nSPS) is 15.1. The van der Waals surface area contributed by atoms with E-state index in [2.05, 4.69) is 58.0 Å². The Balaban J connectivity index is 1.53. The fourth-order valence-electron chi connectivity index (χ4n) is 3.40. The Morgan fingerprint density at radius 1 is 1.07 bits per heavy atom. The third-order valence-electron chi connectivity index (χ3n) is 4.94. The lowest BCUT2D eigenvalue weighted by atomic mass is 10.0. The van der Waals surface area contributed by atoms with E-state index < -0.39 is 5.91 Å². The molecule has 30 heavy (non-hydrogen) atoms. The Morgan fingerprint density at radius 2 is 1.87 bits per heavy atom. The minimum atomic E-state index is -0.397. The van der Waals surface area contributed by atoms with Gasteiger partial charge in [0, 0.05) is 5.70 Å². The molecule has 0 saturated carbocycles. The molecule has 1 amide bonds. The summed E-state index contributed by atoms with van der Waals surface area (Å²) in [6.07, 6.45) is 3.56. The number of nitrogens with one attached hydrogen (secondary N) is 2. The largest absolute Gasteiger partial charge is 0.459 e. The number of carbonyl (C=O) groups is 1. The molecule has 0 radical (unpaired) electrons. The van der Waals surface area contributed by atoms with Crippen molar-refractivity contribution in [2.75, 3.05) is 10.6 Å². The van der Waals surface area contributed by atoms with E-state index in [4.69, 9.17) is 4.42 Å². The van der Waals surface area contributed by atoms with E-state index in [1.807, 2.05) is 30.3 Å². The van der Waals surface area contributed by atoms with Crippen molar-refractivity contribution in [1.82, 2.24) is 14.8 Å². The Bertz CT molecular complexity index is 1210. The van der Waals surface area contributed by atoms with E-state index in [-0.39, 0.29) is 17.8 Å². The van der Waals surface area contributed by atoms with Crippen LogP contribution in [0.25, 0.3) is 5.70 Å². The minimum absolute atomic E-state index is 0.168. The van der Waals surface area contributed by atoms with Crippen LogP contribution >= 0.6 is 0 Å². The maximum atomic E-state index is 12.3. The van der Waals surface area contributed by atoms with Crippen molar-refractivity contribution >= 4 is 23.5 Å². The summed E-state index contributed by atoms with van der Waals surface area (Å²) in [6.45, 7) is 2.06. The van der Waals surface area contributed by atoms with Gasteiger partial charge in [-0.05, 0) is 36.3 Å². The van der Waals surface area contributed by atoms with Gasteiger partial charge in [-0.3, -0.25) is 10.1 Å². The SMILES string of the molecule is Cc1ccc(C2C=C(c3ccccc3)Nc3nc(NC(=O)c4ccco4)nn32)cc1. The van der Waals surface area contributed by atoms with Crippen molar-refractivity contribution in [2.45, 2.75) is 13.0 Å². The number of rotatable bonds is 4. The smallest absolute Gasteiger partial charge is 0.293 e. The highest BCUT2D eigenvalue weighted by Gasteiger charge is 2.26. The number of amides is 1. The van der Waals surface area contributed by atoms with Crippen molar-refractivity contribution in [3.8, 4) is 0 Å². The minimum Gasteiger partial charge on any atom is -0.459 e. The maximum absolute atomic E-state index is 12.3. The van der Waals surface area contributed by atoms with Crippen LogP contribution in [0.1, 0.15) is 33.3 Å². The number of aromatic nitrogens is 3. The highest BCUT2D eigenvalue weighted by Crippen LogP contribution is 2.33. The van der Waals surface area contributed by atoms with Gasteiger partial charge in [-0.1, -0.05) is 60.2 Å². The molecule has 3 heterocycles. The summed E-state index contributed by atoms with van der Waals surface area (Å²) in [6, 6.07) is 21.4. The predicted octanol–water partition coefficient (Wildman–Crippen LogP) is 4.49. The number of carbonyl (C=O) groups excluding carboxylic acids is 1. The van der Waals surface area contributed by atoms with Gasteiger partial charge in [-0.25, -0.2) is 4.68 Å². The van der Waals surface area contributed by atoms with E-state index in [1.165, 1.54) is 11.8 Å². The lowest BCUT2D eigenvalue weighted by molar-refractivity contribution is 0.0996. The van der Waals surface area contributed by atoms with Crippen LogP contribution in [0.15, 0.2) is 83.5 Å². The molecule has 0 saturated heterocycles. The van der Waals surface area contributed by atoms with Crippen molar-refractivity contribution in [3.05, 3.63) is 102 Å². The van der Waals surface area contributed by atoms with Crippen molar-refractivity contribution < 1.29 is 9.21 Å². The zero-order valence-corrected chi connectivity index (χ0v) is 16.2. The van der Waals surface area contributed by atoms with Crippen LogP contribution in [0.2, 0.25) is 0 Å². The van der Waals surface area contributed by atoms with Gasteiger partial charge in [0.2, 0.25) is 5.95 Å². The number of furan rings is 1. The summed E-state index contributed by atoms with van der Waals surface area (Å²) in [5, 5.41) is 10.6. The van der Waals surface area contributed by atoms with Gasteiger partial charge in [0.25, 0.3) is 11.9 Å². The lowest BCUT2D eigenvalue weighted by Crippen LogP contribution is -2.20. The molecule has 148 valence electrons. The van der Waals surface area contributed by atoms with E-state index in [9.17, 15) is 4.79 Å². The van der Waals surface area contributed by atoms with Crippen molar-refractivity contribution in [3.63, 3.8) is 0 Å². The molecule has 4 aromatic rings. The quantitative estimate of drug-likeness (QED) is 0.530. The van der Waals surface area contributed by atoms with Crippen LogP contribution in [-0.4, -0.2) is 20.7 Å². The fourth-order valence-corrected chi connectivity index (χ4v) is 3.40. The monoisotopic (exact) mass is 397 g/mol. The molecule has 1 atom stereocenters.